The van der Waals surface area contributed by atoms with Gasteiger partial charge in [0.15, 0.2) is 17.3 Å². The van der Waals surface area contributed by atoms with Gasteiger partial charge in [-0.1, -0.05) is 25.1 Å². The van der Waals surface area contributed by atoms with Crippen LogP contribution in [0.25, 0.3) is 0 Å². The van der Waals surface area contributed by atoms with Crippen molar-refractivity contribution >= 4 is 11.8 Å². The standard InChI is InChI=1S/C29H32FNO5/c1-6-16(2)36-29(33)26-17(3)31-22-13-20(18-10-11-24(34-4)25(15-18)35-5)14-23(32)28(22)27(26)19-8-7-9-21(30)12-19/h7-12,15-16,20,27,31H,6,13-14H2,1-5H3/t16-,20-,27-/m1/s1. The summed E-state index contributed by atoms with van der Waals surface area (Å²) in [6.07, 6.45) is 1.20. The van der Waals surface area contributed by atoms with Crippen LogP contribution in [0, 0.1) is 5.82 Å². The molecular formula is C29H32FNO5. The number of carbonyl (C=O) groups is 2. The van der Waals surface area contributed by atoms with Crippen molar-refractivity contribution < 1.29 is 28.2 Å². The van der Waals surface area contributed by atoms with E-state index in [4.69, 9.17) is 14.2 Å². The van der Waals surface area contributed by atoms with Crippen molar-refractivity contribution in [3.63, 3.8) is 0 Å². The highest BCUT2D eigenvalue weighted by atomic mass is 19.1. The molecule has 1 aliphatic carbocycles. The van der Waals surface area contributed by atoms with E-state index in [9.17, 15) is 14.0 Å². The second-order valence-corrected chi connectivity index (χ2v) is 9.31. The Bertz CT molecular complexity index is 1250. The molecule has 1 heterocycles. The third kappa shape index (κ3) is 4.87. The van der Waals surface area contributed by atoms with Gasteiger partial charge in [-0.25, -0.2) is 9.18 Å². The monoisotopic (exact) mass is 493 g/mol. The van der Waals surface area contributed by atoms with E-state index in [0.717, 1.165) is 11.3 Å². The fraction of sp³-hybridized carbons (Fsp3) is 0.379. The molecule has 0 fully saturated rings. The highest BCUT2D eigenvalue weighted by Gasteiger charge is 2.41. The number of dihydropyridines is 1. The highest BCUT2D eigenvalue weighted by molar-refractivity contribution is 6.04. The molecule has 0 unspecified atom stereocenters. The van der Waals surface area contributed by atoms with E-state index in [1.54, 1.807) is 33.3 Å². The molecule has 0 saturated heterocycles. The van der Waals surface area contributed by atoms with Gasteiger partial charge in [-0.3, -0.25) is 4.79 Å². The van der Waals surface area contributed by atoms with Gasteiger partial charge in [0.2, 0.25) is 0 Å². The first-order valence-corrected chi connectivity index (χ1v) is 12.2. The molecule has 0 bridgehead atoms. The number of hydrogen-bond acceptors (Lipinski definition) is 6. The first kappa shape index (κ1) is 25.5. The van der Waals surface area contributed by atoms with Crippen molar-refractivity contribution in [1.29, 1.82) is 0 Å². The number of methoxy groups -OCH3 is 2. The number of carbonyl (C=O) groups excluding carboxylic acids is 2. The number of hydrogen-bond donors (Lipinski definition) is 1. The molecule has 0 radical (unpaired) electrons. The minimum atomic E-state index is -0.702. The Kier molecular flexibility index (Phi) is 7.48. The van der Waals surface area contributed by atoms with Gasteiger partial charge in [-0.15, -0.1) is 0 Å². The van der Waals surface area contributed by atoms with E-state index < -0.39 is 17.7 Å². The first-order chi connectivity index (χ1) is 17.3. The summed E-state index contributed by atoms with van der Waals surface area (Å²) in [5, 5.41) is 3.32. The molecule has 1 N–H and O–H groups in total. The molecule has 7 heteroatoms. The molecule has 2 aromatic rings. The summed E-state index contributed by atoms with van der Waals surface area (Å²) in [5.74, 6) is -0.572. The number of esters is 1. The zero-order chi connectivity index (χ0) is 26.0. The molecule has 0 amide bonds. The number of ether oxygens (including phenoxy) is 3. The van der Waals surface area contributed by atoms with Crippen molar-refractivity contribution in [3.05, 3.63) is 81.9 Å². The van der Waals surface area contributed by atoms with Gasteiger partial charge in [0.1, 0.15) is 5.82 Å². The lowest BCUT2D eigenvalue weighted by Crippen LogP contribution is -2.36. The minimum Gasteiger partial charge on any atom is -0.493 e. The Morgan fingerprint density at radius 3 is 2.50 bits per heavy atom. The largest absolute Gasteiger partial charge is 0.493 e. The maximum absolute atomic E-state index is 14.3. The van der Waals surface area contributed by atoms with Gasteiger partial charge >= 0.3 is 5.97 Å². The summed E-state index contributed by atoms with van der Waals surface area (Å²) in [5.41, 5.74) is 3.71. The highest BCUT2D eigenvalue weighted by Crippen LogP contribution is 2.46. The number of nitrogens with one attached hydrogen (secondary N) is 1. The van der Waals surface area contributed by atoms with Crippen LogP contribution in [0.5, 0.6) is 11.5 Å². The Labute approximate surface area is 211 Å². The molecule has 4 rings (SSSR count). The predicted molar refractivity (Wildman–Crippen MR) is 134 cm³/mol. The number of ketones is 1. The molecule has 3 atom stereocenters. The van der Waals surface area contributed by atoms with E-state index in [0.29, 0.717) is 46.7 Å². The number of benzene rings is 2. The average molecular weight is 494 g/mol. The summed E-state index contributed by atoms with van der Waals surface area (Å²) in [4.78, 5) is 27.0. The Hall–Kier alpha value is -3.61. The topological polar surface area (TPSA) is 73.9 Å². The van der Waals surface area contributed by atoms with Crippen LogP contribution >= 0.6 is 0 Å². The summed E-state index contributed by atoms with van der Waals surface area (Å²) >= 11 is 0. The molecule has 6 nitrogen and oxygen atoms in total. The van der Waals surface area contributed by atoms with Crippen LogP contribution < -0.4 is 14.8 Å². The van der Waals surface area contributed by atoms with Crippen LogP contribution in [0.2, 0.25) is 0 Å². The summed E-state index contributed by atoms with van der Waals surface area (Å²) in [6.45, 7) is 5.56. The first-order valence-electron chi connectivity index (χ1n) is 12.2. The zero-order valence-corrected chi connectivity index (χ0v) is 21.3. The van der Waals surface area contributed by atoms with E-state index >= 15 is 0 Å². The summed E-state index contributed by atoms with van der Waals surface area (Å²) in [7, 11) is 3.16. The maximum atomic E-state index is 14.3. The molecule has 1 aliphatic heterocycles. The lowest BCUT2D eigenvalue weighted by Gasteiger charge is -2.37. The van der Waals surface area contributed by atoms with Crippen molar-refractivity contribution in [1.82, 2.24) is 5.32 Å². The fourth-order valence-electron chi connectivity index (χ4n) is 5.00. The second-order valence-electron chi connectivity index (χ2n) is 9.31. The SMILES string of the molecule is CC[C@@H](C)OC(=O)C1=C(C)NC2=C(C(=O)C[C@H](c3ccc(OC)c(OC)c3)C2)[C@@H]1c1cccc(F)c1. The quantitative estimate of drug-likeness (QED) is 0.510. The molecule has 0 saturated carbocycles. The average Bonchev–Trinajstić information content (AvgIpc) is 2.86. The van der Waals surface area contributed by atoms with Crippen molar-refractivity contribution in [2.75, 3.05) is 14.2 Å². The third-order valence-electron chi connectivity index (χ3n) is 6.99. The third-order valence-corrected chi connectivity index (χ3v) is 6.99. The molecule has 2 aliphatic rings. The Balaban J connectivity index is 1.76. The zero-order valence-electron chi connectivity index (χ0n) is 21.3. The molecule has 2 aromatic carbocycles. The van der Waals surface area contributed by atoms with Gasteiger partial charge in [-0.05, 0) is 68.0 Å². The van der Waals surface area contributed by atoms with Gasteiger partial charge in [0.25, 0.3) is 0 Å². The number of halogens is 1. The van der Waals surface area contributed by atoms with Gasteiger partial charge in [0, 0.05) is 29.3 Å². The summed E-state index contributed by atoms with van der Waals surface area (Å²) in [6, 6.07) is 11.8. The van der Waals surface area contributed by atoms with Crippen LogP contribution in [-0.4, -0.2) is 32.1 Å². The van der Waals surface area contributed by atoms with E-state index in [-0.39, 0.29) is 24.2 Å². The van der Waals surface area contributed by atoms with Crippen molar-refractivity contribution in [2.24, 2.45) is 0 Å². The van der Waals surface area contributed by atoms with E-state index in [1.165, 1.54) is 12.1 Å². The minimum absolute atomic E-state index is 0.0841. The van der Waals surface area contributed by atoms with Gasteiger partial charge in [0.05, 0.1) is 25.9 Å². The summed E-state index contributed by atoms with van der Waals surface area (Å²) < 4.78 is 30.7. The second kappa shape index (κ2) is 10.6. The smallest absolute Gasteiger partial charge is 0.337 e. The van der Waals surface area contributed by atoms with Crippen molar-refractivity contribution in [3.8, 4) is 11.5 Å². The normalized spacial score (nSPS) is 20.4. The molecule has 0 spiro atoms. The number of allylic oxidation sites excluding steroid dienone is 3. The molecular weight excluding hydrogens is 461 g/mol. The predicted octanol–water partition coefficient (Wildman–Crippen LogP) is 5.55. The van der Waals surface area contributed by atoms with Gasteiger partial charge in [-0.2, -0.15) is 0 Å². The lowest BCUT2D eigenvalue weighted by atomic mass is 9.71. The van der Waals surface area contributed by atoms with Crippen LogP contribution in [-0.2, 0) is 14.3 Å². The maximum Gasteiger partial charge on any atom is 0.337 e. The van der Waals surface area contributed by atoms with Crippen LogP contribution in [0.15, 0.2) is 65.0 Å². The molecule has 36 heavy (non-hydrogen) atoms. The lowest BCUT2D eigenvalue weighted by molar-refractivity contribution is -0.144. The Morgan fingerprint density at radius 1 is 1.08 bits per heavy atom. The van der Waals surface area contributed by atoms with Crippen LogP contribution in [0.1, 0.15) is 63.0 Å². The number of rotatable bonds is 7. The van der Waals surface area contributed by atoms with E-state index in [2.05, 4.69) is 5.32 Å². The van der Waals surface area contributed by atoms with Crippen LogP contribution in [0.3, 0.4) is 0 Å². The van der Waals surface area contributed by atoms with Crippen molar-refractivity contribution in [2.45, 2.75) is 58.0 Å². The van der Waals surface area contributed by atoms with Crippen LogP contribution in [0.4, 0.5) is 4.39 Å². The Morgan fingerprint density at radius 2 is 1.83 bits per heavy atom. The molecule has 0 aromatic heterocycles. The van der Waals surface area contributed by atoms with E-state index in [1.807, 2.05) is 32.0 Å². The number of Topliss-reactive ketones (excluding diaryl/α,β-unsaturated/α-hetero) is 1. The van der Waals surface area contributed by atoms with Gasteiger partial charge < -0.3 is 19.5 Å². The fourth-order valence-corrected chi connectivity index (χ4v) is 5.00. The molecule has 190 valence electrons.